The van der Waals surface area contributed by atoms with E-state index >= 15 is 0 Å². The molecule has 0 radical (unpaired) electrons. The Hall–Kier alpha value is -3.21. The summed E-state index contributed by atoms with van der Waals surface area (Å²) < 4.78 is 1.71. The molecule has 5 heteroatoms. The Labute approximate surface area is 138 Å². The molecule has 0 N–H and O–H groups in total. The first-order valence-corrected chi connectivity index (χ1v) is 7.84. The van der Waals surface area contributed by atoms with Crippen LogP contribution in [0.4, 0.5) is 0 Å². The number of rotatable bonds is 0. The van der Waals surface area contributed by atoms with Gasteiger partial charge in [-0.15, -0.1) is 0 Å². The molecule has 0 aliphatic carbocycles. The van der Waals surface area contributed by atoms with E-state index in [4.69, 9.17) is 4.98 Å². The highest BCUT2D eigenvalue weighted by Gasteiger charge is 2.28. The number of nitrogens with zero attached hydrogens (tertiary/aromatic N) is 4. The Morgan fingerprint density at radius 1 is 1.00 bits per heavy atom. The number of carbonyl (C=O) groups excluding carboxylic acids is 1. The van der Waals surface area contributed by atoms with Crippen LogP contribution >= 0.6 is 0 Å². The molecule has 5 nitrogen and oxygen atoms in total. The maximum Gasteiger partial charge on any atom is 0.273 e. The van der Waals surface area contributed by atoms with Gasteiger partial charge in [-0.2, -0.15) is 5.10 Å². The second-order valence-electron chi connectivity index (χ2n) is 6.10. The highest BCUT2D eigenvalue weighted by Crippen LogP contribution is 2.29. The SMILES string of the molecule is CN1Cc2cc3ccccc3nc2-n2nc3ccccc3c2C1=O. The molecule has 0 saturated heterocycles. The quantitative estimate of drug-likeness (QED) is 0.501. The third kappa shape index (κ3) is 1.72. The number of carbonyl (C=O) groups is 1. The van der Waals surface area contributed by atoms with E-state index in [9.17, 15) is 4.79 Å². The van der Waals surface area contributed by atoms with E-state index in [2.05, 4.69) is 11.2 Å². The maximum atomic E-state index is 12.9. The van der Waals surface area contributed by atoms with E-state index in [0.717, 1.165) is 33.2 Å². The Balaban J connectivity index is 1.92. The molecule has 5 rings (SSSR count). The third-order valence-electron chi connectivity index (χ3n) is 4.52. The molecular formula is C19H14N4O. The first kappa shape index (κ1) is 13.2. The van der Waals surface area contributed by atoms with Crippen molar-refractivity contribution in [3.05, 3.63) is 65.9 Å². The van der Waals surface area contributed by atoms with Crippen LogP contribution in [0.2, 0.25) is 0 Å². The van der Waals surface area contributed by atoms with Crippen molar-refractivity contribution in [1.82, 2.24) is 19.7 Å². The fourth-order valence-electron chi connectivity index (χ4n) is 3.35. The predicted octanol–water partition coefficient (Wildman–Crippen LogP) is 3.16. The van der Waals surface area contributed by atoms with Crippen LogP contribution in [0.15, 0.2) is 54.6 Å². The van der Waals surface area contributed by atoms with Crippen LogP contribution < -0.4 is 0 Å². The highest BCUT2D eigenvalue weighted by molar-refractivity contribution is 6.06. The lowest BCUT2D eigenvalue weighted by atomic mass is 10.1. The largest absolute Gasteiger partial charge is 0.336 e. The highest BCUT2D eigenvalue weighted by atomic mass is 16.2. The van der Waals surface area contributed by atoms with Crippen molar-refractivity contribution < 1.29 is 4.79 Å². The molecule has 3 heterocycles. The summed E-state index contributed by atoms with van der Waals surface area (Å²) in [6.07, 6.45) is 0. The number of pyridine rings is 1. The summed E-state index contributed by atoms with van der Waals surface area (Å²) in [5, 5.41) is 6.58. The summed E-state index contributed by atoms with van der Waals surface area (Å²) in [6, 6.07) is 17.8. The maximum absolute atomic E-state index is 12.9. The van der Waals surface area contributed by atoms with Gasteiger partial charge in [0.1, 0.15) is 5.69 Å². The molecule has 0 atom stereocenters. The molecule has 0 unspecified atom stereocenters. The van der Waals surface area contributed by atoms with Crippen LogP contribution in [0, 0.1) is 0 Å². The van der Waals surface area contributed by atoms with E-state index in [1.165, 1.54) is 0 Å². The van der Waals surface area contributed by atoms with Gasteiger partial charge in [0, 0.05) is 29.9 Å². The lowest BCUT2D eigenvalue weighted by molar-refractivity contribution is 0.0783. The van der Waals surface area contributed by atoms with Gasteiger partial charge in [-0.05, 0) is 18.2 Å². The van der Waals surface area contributed by atoms with Crippen LogP contribution in [-0.2, 0) is 6.54 Å². The van der Waals surface area contributed by atoms with Gasteiger partial charge in [-0.25, -0.2) is 9.67 Å². The molecule has 116 valence electrons. The number of hydrogen-bond donors (Lipinski definition) is 0. The van der Waals surface area contributed by atoms with Crippen molar-refractivity contribution in [2.45, 2.75) is 6.54 Å². The van der Waals surface area contributed by atoms with Gasteiger partial charge >= 0.3 is 0 Å². The molecule has 24 heavy (non-hydrogen) atoms. The lowest BCUT2D eigenvalue weighted by Crippen LogP contribution is -2.25. The van der Waals surface area contributed by atoms with Crippen LogP contribution in [0.1, 0.15) is 16.1 Å². The van der Waals surface area contributed by atoms with Crippen molar-refractivity contribution in [2.75, 3.05) is 7.05 Å². The predicted molar refractivity (Wildman–Crippen MR) is 92.2 cm³/mol. The van der Waals surface area contributed by atoms with Crippen molar-refractivity contribution in [3.63, 3.8) is 0 Å². The molecule has 0 bridgehead atoms. The average molecular weight is 314 g/mol. The topological polar surface area (TPSA) is 51.0 Å². The summed E-state index contributed by atoms with van der Waals surface area (Å²) in [4.78, 5) is 19.4. The van der Waals surface area contributed by atoms with Crippen molar-refractivity contribution in [1.29, 1.82) is 0 Å². The Morgan fingerprint density at radius 2 is 1.75 bits per heavy atom. The minimum Gasteiger partial charge on any atom is -0.336 e. The van der Waals surface area contributed by atoms with Gasteiger partial charge in [0.05, 0.1) is 11.0 Å². The van der Waals surface area contributed by atoms with Gasteiger partial charge in [0.25, 0.3) is 5.91 Å². The smallest absolute Gasteiger partial charge is 0.273 e. The standard InChI is InChI=1S/C19H14N4O/c1-22-11-13-10-12-6-2-4-8-15(12)20-18(13)23-17(19(22)24)14-7-3-5-9-16(14)21-23/h2-10H,11H2,1H3. The van der Waals surface area contributed by atoms with Gasteiger partial charge in [-0.3, -0.25) is 4.79 Å². The summed E-state index contributed by atoms with van der Waals surface area (Å²) >= 11 is 0. The normalized spacial score (nSPS) is 13.9. The molecule has 4 aromatic rings. The van der Waals surface area contributed by atoms with Gasteiger partial charge in [-0.1, -0.05) is 36.4 Å². The number of para-hydroxylation sites is 1. The second kappa shape index (κ2) is 4.64. The minimum atomic E-state index is -0.0363. The summed E-state index contributed by atoms with van der Waals surface area (Å²) in [6.45, 7) is 0.518. The van der Waals surface area contributed by atoms with E-state index in [-0.39, 0.29) is 5.91 Å². The molecule has 2 aromatic heterocycles. The number of aromatic nitrogens is 3. The Kier molecular flexibility index (Phi) is 2.56. The van der Waals surface area contributed by atoms with Gasteiger partial charge in [0.15, 0.2) is 5.82 Å². The summed E-state index contributed by atoms with van der Waals surface area (Å²) in [5.41, 5.74) is 3.28. The minimum absolute atomic E-state index is 0.0363. The van der Waals surface area contributed by atoms with Crippen molar-refractivity contribution >= 4 is 27.7 Å². The number of fused-ring (bicyclic) bond motifs is 6. The van der Waals surface area contributed by atoms with Crippen LogP contribution in [-0.4, -0.2) is 32.6 Å². The third-order valence-corrected chi connectivity index (χ3v) is 4.52. The second-order valence-corrected chi connectivity index (χ2v) is 6.10. The molecule has 0 saturated carbocycles. The van der Waals surface area contributed by atoms with Gasteiger partial charge < -0.3 is 4.90 Å². The number of amides is 1. The van der Waals surface area contributed by atoms with Crippen LogP contribution in [0.3, 0.4) is 0 Å². The molecule has 0 fully saturated rings. The van der Waals surface area contributed by atoms with Crippen molar-refractivity contribution in [3.8, 4) is 5.82 Å². The van der Waals surface area contributed by atoms with Gasteiger partial charge in [0.2, 0.25) is 0 Å². The monoisotopic (exact) mass is 314 g/mol. The lowest BCUT2D eigenvalue weighted by Gasteiger charge is -2.14. The average Bonchev–Trinajstić information content (AvgIpc) is 2.95. The Bertz CT molecular complexity index is 1130. The zero-order valence-corrected chi connectivity index (χ0v) is 13.1. The molecular weight excluding hydrogens is 300 g/mol. The van der Waals surface area contributed by atoms with Crippen LogP contribution in [0.5, 0.6) is 0 Å². The molecule has 1 amide bonds. The van der Waals surface area contributed by atoms with E-state index in [1.807, 2.05) is 55.6 Å². The summed E-state index contributed by atoms with van der Waals surface area (Å²) in [5.74, 6) is 0.698. The number of benzene rings is 2. The van der Waals surface area contributed by atoms with Crippen molar-refractivity contribution in [2.24, 2.45) is 0 Å². The molecule has 1 aliphatic rings. The first-order valence-electron chi connectivity index (χ1n) is 7.84. The molecule has 0 spiro atoms. The Morgan fingerprint density at radius 3 is 2.62 bits per heavy atom. The molecule has 2 aromatic carbocycles. The van der Waals surface area contributed by atoms with E-state index in [0.29, 0.717) is 12.2 Å². The molecule has 1 aliphatic heterocycles. The first-order chi connectivity index (χ1) is 11.7. The zero-order chi connectivity index (χ0) is 16.3. The summed E-state index contributed by atoms with van der Waals surface area (Å²) in [7, 11) is 1.82. The number of hydrogen-bond acceptors (Lipinski definition) is 3. The zero-order valence-electron chi connectivity index (χ0n) is 13.1. The van der Waals surface area contributed by atoms with E-state index < -0.39 is 0 Å². The fraction of sp³-hybridized carbons (Fsp3) is 0.105. The van der Waals surface area contributed by atoms with Crippen LogP contribution in [0.25, 0.3) is 27.6 Å². The van der Waals surface area contributed by atoms with E-state index in [1.54, 1.807) is 9.58 Å². The fourth-order valence-corrected chi connectivity index (χ4v) is 3.35.